The van der Waals surface area contributed by atoms with E-state index in [9.17, 15) is 4.79 Å². The average Bonchev–Trinajstić information content (AvgIpc) is 1.82. The first-order valence-corrected chi connectivity index (χ1v) is 3.84. The van der Waals surface area contributed by atoms with Crippen molar-refractivity contribution in [3.63, 3.8) is 0 Å². The molecule has 0 bridgehead atoms. The van der Waals surface area contributed by atoms with E-state index in [4.69, 9.17) is 0 Å². The second-order valence-electron chi connectivity index (χ2n) is 3.39. The van der Waals surface area contributed by atoms with Crippen LogP contribution in [0.5, 0.6) is 0 Å². The topological polar surface area (TPSA) is 20.3 Å². The van der Waals surface area contributed by atoms with Crippen molar-refractivity contribution in [1.29, 1.82) is 0 Å². The van der Waals surface area contributed by atoms with Gasteiger partial charge in [-0.2, -0.15) is 0 Å². The molecule has 0 saturated carbocycles. The normalized spacial score (nSPS) is 36.5. The standard InChI is InChI=1S/C8H15NO/c1-6-4-8(10)7(2)9(3)5-6/h6-7H,4-5H2,1-3H3/t6-,7+/m0/s1. The van der Waals surface area contributed by atoms with Gasteiger partial charge in [0.15, 0.2) is 0 Å². The van der Waals surface area contributed by atoms with Gasteiger partial charge in [0, 0.05) is 13.0 Å². The molecule has 0 aliphatic carbocycles. The van der Waals surface area contributed by atoms with Gasteiger partial charge in [0.2, 0.25) is 0 Å². The Bertz CT molecular complexity index is 144. The second kappa shape index (κ2) is 2.70. The number of hydrogen-bond donors (Lipinski definition) is 0. The van der Waals surface area contributed by atoms with Crippen LogP contribution in [0.25, 0.3) is 0 Å². The first-order chi connectivity index (χ1) is 4.61. The minimum absolute atomic E-state index is 0.149. The van der Waals surface area contributed by atoms with Crippen molar-refractivity contribution in [3.05, 3.63) is 0 Å². The van der Waals surface area contributed by atoms with Crippen LogP contribution in [0.3, 0.4) is 0 Å². The number of piperidine rings is 1. The third kappa shape index (κ3) is 1.37. The predicted octanol–water partition coefficient (Wildman–Crippen LogP) is 0.916. The molecule has 1 heterocycles. The van der Waals surface area contributed by atoms with Crippen molar-refractivity contribution in [3.8, 4) is 0 Å². The zero-order valence-electron chi connectivity index (χ0n) is 6.92. The number of likely N-dealkylation sites (N-methyl/N-ethyl adjacent to an activating group) is 1. The molecule has 2 heteroatoms. The monoisotopic (exact) mass is 141 g/mol. The summed E-state index contributed by atoms with van der Waals surface area (Å²) in [6.45, 7) is 5.17. The van der Waals surface area contributed by atoms with Gasteiger partial charge in [0.25, 0.3) is 0 Å². The second-order valence-corrected chi connectivity index (χ2v) is 3.39. The van der Waals surface area contributed by atoms with Crippen LogP contribution in [0.4, 0.5) is 0 Å². The van der Waals surface area contributed by atoms with Crippen molar-refractivity contribution < 1.29 is 4.79 Å². The number of rotatable bonds is 0. The maximum atomic E-state index is 11.2. The molecule has 0 aromatic rings. The molecule has 0 aromatic heterocycles. The number of nitrogens with zero attached hydrogens (tertiary/aromatic N) is 1. The fourth-order valence-corrected chi connectivity index (χ4v) is 1.47. The molecule has 10 heavy (non-hydrogen) atoms. The molecule has 0 aromatic carbocycles. The van der Waals surface area contributed by atoms with Gasteiger partial charge in [-0.25, -0.2) is 0 Å². The molecule has 1 fully saturated rings. The van der Waals surface area contributed by atoms with Crippen molar-refractivity contribution >= 4 is 5.78 Å². The summed E-state index contributed by atoms with van der Waals surface area (Å²) in [6, 6.07) is 0.149. The summed E-state index contributed by atoms with van der Waals surface area (Å²) < 4.78 is 0. The molecule has 1 saturated heterocycles. The lowest BCUT2D eigenvalue weighted by Gasteiger charge is -2.32. The highest BCUT2D eigenvalue weighted by atomic mass is 16.1. The van der Waals surface area contributed by atoms with E-state index < -0.39 is 0 Å². The molecule has 0 radical (unpaired) electrons. The van der Waals surface area contributed by atoms with E-state index in [2.05, 4.69) is 11.8 Å². The molecule has 1 rings (SSSR count). The molecule has 58 valence electrons. The molecule has 1 aliphatic heterocycles. The summed E-state index contributed by atoms with van der Waals surface area (Å²) >= 11 is 0. The predicted molar refractivity (Wildman–Crippen MR) is 40.9 cm³/mol. The molecule has 0 spiro atoms. The third-order valence-corrected chi connectivity index (χ3v) is 2.28. The van der Waals surface area contributed by atoms with Gasteiger partial charge in [-0.05, 0) is 19.9 Å². The van der Waals surface area contributed by atoms with Crippen molar-refractivity contribution in [2.45, 2.75) is 26.3 Å². The first-order valence-electron chi connectivity index (χ1n) is 3.84. The SMILES string of the molecule is C[C@H]1CC(=O)[C@@H](C)N(C)C1. The summed E-state index contributed by atoms with van der Waals surface area (Å²) in [6.07, 6.45) is 0.769. The van der Waals surface area contributed by atoms with Crippen molar-refractivity contribution in [2.75, 3.05) is 13.6 Å². The Morgan fingerprint density at radius 3 is 2.60 bits per heavy atom. The van der Waals surface area contributed by atoms with Crippen molar-refractivity contribution in [1.82, 2.24) is 4.90 Å². The third-order valence-electron chi connectivity index (χ3n) is 2.28. The van der Waals surface area contributed by atoms with Crippen molar-refractivity contribution in [2.24, 2.45) is 5.92 Å². The number of Topliss-reactive ketones (excluding diaryl/α,β-unsaturated/α-hetero) is 1. The van der Waals surface area contributed by atoms with Gasteiger partial charge in [-0.15, -0.1) is 0 Å². The Kier molecular flexibility index (Phi) is 2.09. The van der Waals surface area contributed by atoms with Gasteiger partial charge >= 0.3 is 0 Å². The zero-order chi connectivity index (χ0) is 7.72. The lowest BCUT2D eigenvalue weighted by atomic mass is 9.94. The lowest BCUT2D eigenvalue weighted by Crippen LogP contribution is -2.44. The summed E-state index contributed by atoms with van der Waals surface area (Å²) in [5.41, 5.74) is 0. The van der Waals surface area contributed by atoms with E-state index in [0.717, 1.165) is 13.0 Å². The Hall–Kier alpha value is -0.370. The summed E-state index contributed by atoms with van der Waals surface area (Å²) in [5.74, 6) is 0.940. The van der Waals surface area contributed by atoms with E-state index in [0.29, 0.717) is 11.7 Å². The largest absolute Gasteiger partial charge is 0.298 e. The molecule has 1 aliphatic rings. The van der Waals surface area contributed by atoms with E-state index in [-0.39, 0.29) is 6.04 Å². The van der Waals surface area contributed by atoms with Crippen LogP contribution < -0.4 is 0 Å². The van der Waals surface area contributed by atoms with Crippen LogP contribution in [0.15, 0.2) is 0 Å². The van der Waals surface area contributed by atoms with Crippen LogP contribution in [-0.4, -0.2) is 30.3 Å². The summed E-state index contributed by atoms with van der Waals surface area (Å²) in [7, 11) is 2.01. The Morgan fingerprint density at radius 1 is 1.50 bits per heavy atom. The Labute approximate surface area is 62.2 Å². The van der Waals surface area contributed by atoms with Crippen LogP contribution in [0, 0.1) is 5.92 Å². The van der Waals surface area contributed by atoms with Gasteiger partial charge < -0.3 is 0 Å². The Morgan fingerprint density at radius 2 is 2.10 bits per heavy atom. The highest BCUT2D eigenvalue weighted by Gasteiger charge is 2.26. The number of hydrogen-bond acceptors (Lipinski definition) is 2. The molecule has 0 amide bonds. The fourth-order valence-electron chi connectivity index (χ4n) is 1.47. The minimum atomic E-state index is 0.149. The number of likely N-dealkylation sites (tertiary alicyclic amines) is 1. The minimum Gasteiger partial charge on any atom is -0.298 e. The number of carbonyl (C=O) groups is 1. The quantitative estimate of drug-likeness (QED) is 0.500. The van der Waals surface area contributed by atoms with E-state index in [1.165, 1.54) is 0 Å². The molecule has 0 unspecified atom stereocenters. The maximum absolute atomic E-state index is 11.2. The number of carbonyl (C=O) groups excluding carboxylic acids is 1. The van der Waals surface area contributed by atoms with E-state index >= 15 is 0 Å². The lowest BCUT2D eigenvalue weighted by molar-refractivity contribution is -0.127. The maximum Gasteiger partial charge on any atom is 0.149 e. The Balaban J connectivity index is 2.57. The fraction of sp³-hybridized carbons (Fsp3) is 0.875. The van der Waals surface area contributed by atoms with Crippen LogP contribution in [0.2, 0.25) is 0 Å². The van der Waals surface area contributed by atoms with Crippen LogP contribution >= 0.6 is 0 Å². The van der Waals surface area contributed by atoms with Gasteiger partial charge in [0.05, 0.1) is 6.04 Å². The molecule has 2 atom stereocenters. The van der Waals surface area contributed by atoms with Gasteiger partial charge in [0.1, 0.15) is 5.78 Å². The smallest absolute Gasteiger partial charge is 0.149 e. The molecule has 2 nitrogen and oxygen atoms in total. The van der Waals surface area contributed by atoms with Crippen LogP contribution in [0.1, 0.15) is 20.3 Å². The average molecular weight is 141 g/mol. The van der Waals surface area contributed by atoms with Gasteiger partial charge in [-0.3, -0.25) is 9.69 Å². The summed E-state index contributed by atoms with van der Waals surface area (Å²) in [4.78, 5) is 13.3. The molecular formula is C8H15NO. The molecular weight excluding hydrogens is 126 g/mol. The first kappa shape index (κ1) is 7.73. The number of ketones is 1. The molecule has 0 N–H and O–H groups in total. The van der Waals surface area contributed by atoms with E-state index in [1.54, 1.807) is 0 Å². The highest BCUT2D eigenvalue weighted by molar-refractivity contribution is 5.84. The van der Waals surface area contributed by atoms with Gasteiger partial charge in [-0.1, -0.05) is 6.92 Å². The zero-order valence-corrected chi connectivity index (χ0v) is 6.92. The highest BCUT2D eigenvalue weighted by Crippen LogP contribution is 2.15. The summed E-state index contributed by atoms with van der Waals surface area (Å²) in [5, 5.41) is 0. The van der Waals surface area contributed by atoms with Crippen LogP contribution in [-0.2, 0) is 4.79 Å². The van der Waals surface area contributed by atoms with E-state index in [1.807, 2.05) is 14.0 Å².